The summed E-state index contributed by atoms with van der Waals surface area (Å²) in [4.78, 5) is 52.7. The van der Waals surface area contributed by atoms with E-state index >= 15 is 0 Å². The van der Waals surface area contributed by atoms with Crippen LogP contribution in [0.3, 0.4) is 0 Å². The van der Waals surface area contributed by atoms with Gasteiger partial charge in [0.05, 0.1) is 5.39 Å². The van der Waals surface area contributed by atoms with Gasteiger partial charge in [-0.15, -0.1) is 0 Å². The topological polar surface area (TPSA) is 114 Å². The molecule has 8 nitrogen and oxygen atoms in total. The van der Waals surface area contributed by atoms with Crippen LogP contribution in [0, 0.1) is 5.92 Å². The fourth-order valence-corrected chi connectivity index (χ4v) is 4.45. The number of hydrogen-bond acceptors (Lipinski definition) is 5. The van der Waals surface area contributed by atoms with Crippen molar-refractivity contribution >= 4 is 40.3 Å². The number of rotatable bonds is 3. The molecule has 2 N–H and O–H groups in total. The van der Waals surface area contributed by atoms with E-state index in [-0.39, 0.29) is 28.9 Å². The Morgan fingerprint density at radius 3 is 2.50 bits per heavy atom. The number of piperidine rings is 1. The smallest absolute Gasteiger partial charge is 0.289 e. The summed E-state index contributed by atoms with van der Waals surface area (Å²) in [6.45, 7) is 1.28. The number of hydrogen-bond donors (Lipinski definition) is 1. The van der Waals surface area contributed by atoms with Gasteiger partial charge < -0.3 is 20.0 Å². The third-order valence-corrected chi connectivity index (χ3v) is 6.13. The lowest BCUT2D eigenvalue weighted by molar-refractivity contribution is -0.141. The number of nitrogens with two attached hydrogens (primary N) is 1. The first-order valence-electron chi connectivity index (χ1n) is 9.97. The molecule has 9 heteroatoms. The summed E-state index contributed by atoms with van der Waals surface area (Å²) in [6.07, 6.45) is 2.34. The van der Waals surface area contributed by atoms with Crippen LogP contribution in [0.1, 0.15) is 36.2 Å². The molecule has 0 spiro atoms. The van der Waals surface area contributed by atoms with Crippen LogP contribution < -0.4 is 11.2 Å². The Balaban J connectivity index is 1.44. The van der Waals surface area contributed by atoms with Crippen molar-refractivity contribution in [3.63, 3.8) is 0 Å². The number of fused-ring (bicyclic) bond motifs is 1. The quantitative estimate of drug-likeness (QED) is 0.795. The zero-order chi connectivity index (χ0) is 21.4. The number of amides is 3. The molecule has 0 radical (unpaired) electrons. The van der Waals surface area contributed by atoms with E-state index in [2.05, 4.69) is 0 Å². The van der Waals surface area contributed by atoms with Gasteiger partial charge in [-0.2, -0.15) is 0 Å². The van der Waals surface area contributed by atoms with E-state index in [1.54, 1.807) is 21.9 Å². The zero-order valence-electron chi connectivity index (χ0n) is 16.3. The van der Waals surface area contributed by atoms with E-state index in [4.69, 9.17) is 21.8 Å². The third kappa shape index (κ3) is 3.79. The molecule has 0 bridgehead atoms. The lowest BCUT2D eigenvalue weighted by Gasteiger charge is -2.34. The summed E-state index contributed by atoms with van der Waals surface area (Å²) in [5, 5.41) is 0.732. The van der Waals surface area contributed by atoms with Gasteiger partial charge in [0.15, 0.2) is 11.2 Å². The van der Waals surface area contributed by atoms with E-state index in [1.165, 1.54) is 12.1 Å². The average Bonchev–Trinajstić information content (AvgIpc) is 3.23. The highest BCUT2D eigenvalue weighted by Crippen LogP contribution is 2.26. The van der Waals surface area contributed by atoms with Gasteiger partial charge in [-0.1, -0.05) is 11.6 Å². The fraction of sp³-hybridized carbons (Fsp3) is 0.429. The van der Waals surface area contributed by atoms with Crippen LogP contribution in [-0.4, -0.2) is 53.2 Å². The molecule has 2 aliphatic rings. The van der Waals surface area contributed by atoms with Crippen molar-refractivity contribution < 1.29 is 18.8 Å². The number of primary amides is 1. The van der Waals surface area contributed by atoms with Crippen molar-refractivity contribution in [2.24, 2.45) is 11.7 Å². The number of nitrogens with zero attached hydrogens (tertiary/aromatic N) is 2. The summed E-state index contributed by atoms with van der Waals surface area (Å²) in [6, 6.07) is 5.31. The van der Waals surface area contributed by atoms with Crippen LogP contribution in [0.2, 0.25) is 5.02 Å². The minimum absolute atomic E-state index is 0.0343. The second-order valence-corrected chi connectivity index (χ2v) is 8.21. The molecule has 4 rings (SSSR count). The van der Waals surface area contributed by atoms with Gasteiger partial charge in [0.1, 0.15) is 11.6 Å². The van der Waals surface area contributed by atoms with E-state index in [9.17, 15) is 19.2 Å². The summed E-state index contributed by atoms with van der Waals surface area (Å²) < 4.78 is 5.63. The van der Waals surface area contributed by atoms with E-state index in [1.807, 2.05) is 0 Å². The molecule has 2 fully saturated rings. The maximum Gasteiger partial charge on any atom is 0.289 e. The Kier molecular flexibility index (Phi) is 5.51. The molecular weight excluding hydrogens is 410 g/mol. The van der Waals surface area contributed by atoms with E-state index < -0.39 is 11.9 Å². The van der Waals surface area contributed by atoms with Crippen LogP contribution in [0.15, 0.2) is 33.5 Å². The first-order chi connectivity index (χ1) is 14.3. The highest BCUT2D eigenvalue weighted by atomic mass is 35.5. The van der Waals surface area contributed by atoms with Crippen LogP contribution >= 0.6 is 11.6 Å². The van der Waals surface area contributed by atoms with Gasteiger partial charge in [-0.25, -0.2) is 0 Å². The normalized spacial score (nSPS) is 20.0. The van der Waals surface area contributed by atoms with Gasteiger partial charge >= 0.3 is 0 Å². The number of carbonyl (C=O) groups is 3. The van der Waals surface area contributed by atoms with Crippen molar-refractivity contribution in [3.05, 3.63) is 45.3 Å². The number of likely N-dealkylation sites (tertiary alicyclic amines) is 2. The predicted octanol–water partition coefficient (Wildman–Crippen LogP) is 1.77. The third-order valence-electron chi connectivity index (χ3n) is 5.90. The monoisotopic (exact) mass is 431 g/mol. The number of benzene rings is 1. The maximum absolute atomic E-state index is 12.8. The molecule has 2 aliphatic heterocycles. The molecule has 3 amide bonds. The molecule has 30 heavy (non-hydrogen) atoms. The second-order valence-electron chi connectivity index (χ2n) is 7.77. The van der Waals surface area contributed by atoms with Gasteiger partial charge in [-0.05, 0) is 43.9 Å². The standard InChI is InChI=1S/C21H22ClN3O5/c22-13-3-4-17-14(10-13)16(26)11-18(30-17)21(29)24-8-5-12(6-9-24)20(28)25-7-1-2-15(25)19(23)27/h3-4,10-12,15H,1-2,5-9H2,(H2,23,27). The lowest BCUT2D eigenvalue weighted by atomic mass is 9.94. The SMILES string of the molecule is NC(=O)C1CCCN1C(=O)C1CCN(C(=O)c2cc(=O)c3cc(Cl)ccc3o2)CC1. The summed E-state index contributed by atoms with van der Waals surface area (Å²) in [7, 11) is 0. The molecule has 0 aliphatic carbocycles. The Morgan fingerprint density at radius 2 is 1.80 bits per heavy atom. The molecule has 1 atom stereocenters. The second kappa shape index (κ2) is 8.10. The Bertz CT molecular complexity index is 1070. The average molecular weight is 432 g/mol. The molecule has 1 aromatic carbocycles. The van der Waals surface area contributed by atoms with Gasteiger partial charge in [-0.3, -0.25) is 19.2 Å². The molecular formula is C21H22ClN3O5. The Labute approximate surface area is 177 Å². The van der Waals surface area contributed by atoms with Gasteiger partial charge in [0.2, 0.25) is 11.8 Å². The first kappa shape index (κ1) is 20.4. The van der Waals surface area contributed by atoms with Crippen molar-refractivity contribution in [2.45, 2.75) is 31.7 Å². The predicted molar refractivity (Wildman–Crippen MR) is 110 cm³/mol. The minimum atomic E-state index is -0.530. The Hall–Kier alpha value is -2.87. The van der Waals surface area contributed by atoms with Crippen molar-refractivity contribution in [3.8, 4) is 0 Å². The first-order valence-corrected chi connectivity index (χ1v) is 10.4. The highest BCUT2D eigenvalue weighted by Gasteiger charge is 2.37. The zero-order valence-corrected chi connectivity index (χ0v) is 17.1. The fourth-order valence-electron chi connectivity index (χ4n) is 4.28. The van der Waals surface area contributed by atoms with Crippen LogP contribution in [0.25, 0.3) is 11.0 Å². The van der Waals surface area contributed by atoms with Gasteiger partial charge in [0, 0.05) is 36.6 Å². The van der Waals surface area contributed by atoms with Crippen molar-refractivity contribution in [1.82, 2.24) is 9.80 Å². The van der Waals surface area contributed by atoms with Crippen LogP contribution in [-0.2, 0) is 9.59 Å². The Morgan fingerprint density at radius 1 is 1.07 bits per heavy atom. The molecule has 158 valence electrons. The van der Waals surface area contributed by atoms with Crippen LogP contribution in [0.4, 0.5) is 0 Å². The highest BCUT2D eigenvalue weighted by molar-refractivity contribution is 6.31. The molecule has 3 heterocycles. The summed E-state index contributed by atoms with van der Waals surface area (Å²) >= 11 is 5.91. The molecule has 1 aromatic heterocycles. The van der Waals surface area contributed by atoms with Gasteiger partial charge in [0.25, 0.3) is 5.91 Å². The van der Waals surface area contributed by atoms with E-state index in [0.717, 1.165) is 6.42 Å². The molecule has 2 aromatic rings. The largest absolute Gasteiger partial charge is 0.451 e. The minimum Gasteiger partial charge on any atom is -0.451 e. The van der Waals surface area contributed by atoms with Crippen molar-refractivity contribution in [2.75, 3.05) is 19.6 Å². The summed E-state index contributed by atoms with van der Waals surface area (Å²) in [5.41, 5.74) is 5.38. The number of carbonyl (C=O) groups excluding carboxylic acids is 3. The van der Waals surface area contributed by atoms with Crippen molar-refractivity contribution in [1.29, 1.82) is 0 Å². The number of halogens is 1. The maximum atomic E-state index is 12.8. The van der Waals surface area contributed by atoms with E-state index in [0.29, 0.717) is 54.9 Å². The lowest BCUT2D eigenvalue weighted by Crippen LogP contribution is -2.49. The summed E-state index contributed by atoms with van der Waals surface area (Å²) in [5.74, 6) is -1.21. The van der Waals surface area contributed by atoms with Crippen LogP contribution in [0.5, 0.6) is 0 Å². The molecule has 0 saturated carbocycles. The molecule has 1 unspecified atom stereocenters. The molecule has 2 saturated heterocycles.